The second-order valence-corrected chi connectivity index (χ2v) is 11.0. The Balaban J connectivity index is 1.95. The van der Waals surface area contributed by atoms with Crippen molar-refractivity contribution in [3.05, 3.63) is 22.7 Å². The van der Waals surface area contributed by atoms with Crippen LogP contribution in [0, 0.1) is 11.8 Å². The van der Waals surface area contributed by atoms with Crippen LogP contribution < -0.4 is 4.74 Å². The number of benzene rings is 1. The Labute approximate surface area is 181 Å². The van der Waals surface area contributed by atoms with Gasteiger partial charge in [-0.3, -0.25) is 4.79 Å². The molecule has 1 fully saturated rings. The molecule has 7 nitrogen and oxygen atoms in total. The molecule has 1 saturated carbocycles. The van der Waals surface area contributed by atoms with Crippen molar-refractivity contribution >= 4 is 31.9 Å². The van der Waals surface area contributed by atoms with Crippen molar-refractivity contribution in [2.45, 2.75) is 50.2 Å². The van der Waals surface area contributed by atoms with E-state index in [0.717, 1.165) is 19.3 Å². The minimum Gasteiger partial charge on any atom is -0.487 e. The van der Waals surface area contributed by atoms with Gasteiger partial charge >= 0.3 is 0 Å². The number of carbonyl (C=O) groups is 1. The molecule has 3 rings (SSSR count). The van der Waals surface area contributed by atoms with Crippen molar-refractivity contribution < 1.29 is 23.1 Å². The van der Waals surface area contributed by atoms with Gasteiger partial charge in [-0.2, -0.15) is 4.31 Å². The van der Waals surface area contributed by atoms with Gasteiger partial charge in [-0.1, -0.05) is 29.3 Å². The second kappa shape index (κ2) is 8.91. The molecule has 162 valence electrons. The number of sulfonamides is 1. The van der Waals surface area contributed by atoms with Crippen LogP contribution in [0.5, 0.6) is 5.75 Å². The van der Waals surface area contributed by atoms with Crippen molar-refractivity contribution in [2.75, 3.05) is 26.7 Å². The fourth-order valence-corrected chi connectivity index (χ4v) is 5.91. The van der Waals surface area contributed by atoms with Crippen LogP contribution in [0.3, 0.4) is 0 Å². The summed E-state index contributed by atoms with van der Waals surface area (Å²) < 4.78 is 34.8. The summed E-state index contributed by atoms with van der Waals surface area (Å²) in [4.78, 5) is 14.4. The lowest BCUT2D eigenvalue weighted by molar-refractivity contribution is -0.138. The predicted octanol–water partition coefficient (Wildman–Crippen LogP) is 2.48. The first-order valence-corrected chi connectivity index (χ1v) is 12.2. The van der Waals surface area contributed by atoms with Gasteiger partial charge < -0.3 is 14.7 Å². The van der Waals surface area contributed by atoms with Crippen LogP contribution in [-0.2, 0) is 14.8 Å². The quantitative estimate of drug-likeness (QED) is 0.687. The lowest BCUT2D eigenvalue weighted by Crippen LogP contribution is -2.50. The molecule has 0 unspecified atom stereocenters. The van der Waals surface area contributed by atoms with Crippen LogP contribution in [0.2, 0.25) is 0 Å². The van der Waals surface area contributed by atoms with Crippen LogP contribution in [0.25, 0.3) is 0 Å². The van der Waals surface area contributed by atoms with Crippen molar-refractivity contribution in [2.24, 2.45) is 11.8 Å². The van der Waals surface area contributed by atoms with Crippen LogP contribution in [0.15, 0.2) is 27.6 Å². The normalized spacial score (nSPS) is 25.7. The van der Waals surface area contributed by atoms with Crippen LogP contribution in [0.4, 0.5) is 0 Å². The Morgan fingerprint density at radius 3 is 2.69 bits per heavy atom. The highest BCUT2D eigenvalue weighted by Gasteiger charge is 2.39. The standard InChI is InChI=1S/C20H29BrN2O5S/c1-13-10-23(14(2)12-24)29(26,27)19-8-7-16(21)9-17(19)28-18(13)11-22(3)20(25)15-5-4-6-15/h7-9,13-15,18,24H,4-6,10-12H2,1-3H3/t13-,14-,18-/m0/s1. The van der Waals surface area contributed by atoms with Crippen LogP contribution in [-0.4, -0.2) is 67.5 Å². The molecule has 0 saturated heterocycles. The Kier molecular flexibility index (Phi) is 6.92. The maximum atomic E-state index is 13.3. The number of fused-ring (bicyclic) bond motifs is 1. The lowest BCUT2D eigenvalue weighted by Gasteiger charge is -2.38. The summed E-state index contributed by atoms with van der Waals surface area (Å²) in [5.41, 5.74) is 0. The van der Waals surface area contributed by atoms with E-state index in [2.05, 4.69) is 15.9 Å². The van der Waals surface area contributed by atoms with Crippen LogP contribution >= 0.6 is 15.9 Å². The minimum absolute atomic E-state index is 0.0749. The zero-order valence-electron chi connectivity index (χ0n) is 17.0. The molecule has 1 aromatic carbocycles. The largest absolute Gasteiger partial charge is 0.487 e. The molecular formula is C20H29BrN2O5S. The molecule has 0 spiro atoms. The van der Waals surface area contributed by atoms with Crippen molar-refractivity contribution in [1.82, 2.24) is 9.21 Å². The number of rotatable bonds is 5. The maximum Gasteiger partial charge on any atom is 0.247 e. The lowest BCUT2D eigenvalue weighted by atomic mass is 9.84. The first-order chi connectivity index (χ1) is 13.6. The van der Waals surface area contributed by atoms with E-state index in [4.69, 9.17) is 4.74 Å². The number of carbonyl (C=O) groups excluding carboxylic acids is 1. The number of nitrogens with zero attached hydrogens (tertiary/aromatic N) is 2. The van der Waals surface area contributed by atoms with E-state index >= 15 is 0 Å². The molecular weight excluding hydrogens is 460 g/mol. The minimum atomic E-state index is -3.83. The summed E-state index contributed by atoms with van der Waals surface area (Å²) >= 11 is 3.38. The van der Waals surface area contributed by atoms with E-state index < -0.39 is 16.1 Å². The van der Waals surface area contributed by atoms with Crippen molar-refractivity contribution in [1.29, 1.82) is 0 Å². The maximum absolute atomic E-state index is 13.3. The number of aliphatic hydroxyl groups excluding tert-OH is 1. The number of amides is 1. The SMILES string of the molecule is C[C@H]1CN([C@@H](C)CO)S(=O)(=O)c2ccc(Br)cc2O[C@H]1CN(C)C(=O)C1CCC1. The molecule has 3 atom stereocenters. The fraction of sp³-hybridized carbons (Fsp3) is 0.650. The highest BCUT2D eigenvalue weighted by atomic mass is 79.9. The molecule has 1 amide bonds. The van der Waals surface area contributed by atoms with Gasteiger partial charge in [0.1, 0.15) is 16.7 Å². The van der Waals surface area contributed by atoms with Gasteiger partial charge in [0, 0.05) is 35.9 Å². The van der Waals surface area contributed by atoms with E-state index in [9.17, 15) is 18.3 Å². The van der Waals surface area contributed by atoms with E-state index in [-0.39, 0.29) is 47.6 Å². The predicted molar refractivity (Wildman–Crippen MR) is 113 cm³/mol. The summed E-state index contributed by atoms with van der Waals surface area (Å²) in [6.45, 7) is 3.91. The molecule has 0 bridgehead atoms. The van der Waals surface area contributed by atoms with E-state index in [1.807, 2.05) is 6.92 Å². The third-order valence-electron chi connectivity index (χ3n) is 5.91. The van der Waals surface area contributed by atoms with Gasteiger partial charge in [0.2, 0.25) is 15.9 Å². The molecule has 1 aliphatic carbocycles. The molecule has 0 radical (unpaired) electrons. The molecule has 29 heavy (non-hydrogen) atoms. The van der Waals surface area contributed by atoms with Gasteiger partial charge in [-0.25, -0.2) is 8.42 Å². The zero-order chi connectivity index (χ0) is 21.3. The second-order valence-electron chi connectivity index (χ2n) is 8.18. The molecule has 1 aromatic rings. The van der Waals surface area contributed by atoms with Gasteiger partial charge in [0.05, 0.1) is 13.2 Å². The number of aliphatic hydroxyl groups is 1. The van der Waals surface area contributed by atoms with Gasteiger partial charge in [0.25, 0.3) is 0 Å². The Bertz CT molecular complexity index is 858. The van der Waals surface area contributed by atoms with Crippen LogP contribution in [0.1, 0.15) is 33.1 Å². The third-order valence-corrected chi connectivity index (χ3v) is 8.43. The number of hydrogen-bond acceptors (Lipinski definition) is 5. The van der Waals surface area contributed by atoms with Gasteiger partial charge in [-0.05, 0) is 38.0 Å². The average Bonchev–Trinajstić information content (AvgIpc) is 2.62. The summed E-state index contributed by atoms with van der Waals surface area (Å²) in [7, 11) is -2.05. The number of hydrogen-bond donors (Lipinski definition) is 1. The molecule has 1 heterocycles. The molecule has 1 N–H and O–H groups in total. The average molecular weight is 489 g/mol. The molecule has 1 aliphatic heterocycles. The molecule has 2 aliphatic rings. The Hall–Kier alpha value is -1.16. The Morgan fingerprint density at radius 2 is 2.10 bits per heavy atom. The van der Waals surface area contributed by atoms with E-state index in [0.29, 0.717) is 11.0 Å². The highest BCUT2D eigenvalue weighted by molar-refractivity contribution is 9.10. The third kappa shape index (κ3) is 4.62. The van der Waals surface area contributed by atoms with E-state index in [1.165, 1.54) is 10.4 Å². The smallest absolute Gasteiger partial charge is 0.247 e. The van der Waals surface area contributed by atoms with Crippen molar-refractivity contribution in [3.63, 3.8) is 0 Å². The number of ether oxygens (including phenoxy) is 1. The molecule has 0 aromatic heterocycles. The number of likely N-dealkylation sites (N-methyl/N-ethyl adjacent to an activating group) is 1. The summed E-state index contributed by atoms with van der Waals surface area (Å²) in [5.74, 6) is 0.298. The first-order valence-electron chi connectivity index (χ1n) is 9.99. The summed E-state index contributed by atoms with van der Waals surface area (Å²) in [6.07, 6.45) is 2.58. The zero-order valence-corrected chi connectivity index (χ0v) is 19.4. The first kappa shape index (κ1) is 22.5. The number of halogens is 1. The molecule has 9 heteroatoms. The topological polar surface area (TPSA) is 87.2 Å². The highest BCUT2D eigenvalue weighted by Crippen LogP contribution is 2.35. The van der Waals surface area contributed by atoms with Gasteiger partial charge in [-0.15, -0.1) is 0 Å². The van der Waals surface area contributed by atoms with Gasteiger partial charge in [0.15, 0.2) is 0 Å². The summed E-state index contributed by atoms with van der Waals surface area (Å²) in [6, 6.07) is 4.26. The Morgan fingerprint density at radius 1 is 1.41 bits per heavy atom. The van der Waals surface area contributed by atoms with Crippen molar-refractivity contribution in [3.8, 4) is 5.75 Å². The van der Waals surface area contributed by atoms with E-state index in [1.54, 1.807) is 31.0 Å². The summed E-state index contributed by atoms with van der Waals surface area (Å²) in [5, 5.41) is 9.64. The monoisotopic (exact) mass is 488 g/mol. The fourth-order valence-electron chi connectivity index (χ4n) is 3.74.